The van der Waals surface area contributed by atoms with Crippen molar-refractivity contribution in [1.29, 1.82) is 0 Å². The smallest absolute Gasteiger partial charge is 0.223 e. The molecule has 31 heavy (non-hydrogen) atoms. The summed E-state index contributed by atoms with van der Waals surface area (Å²) in [5.74, 6) is -2.27. The first kappa shape index (κ1) is 23.1. The van der Waals surface area contributed by atoms with Gasteiger partial charge in [0.05, 0.1) is 15.5 Å². The van der Waals surface area contributed by atoms with E-state index in [1.54, 1.807) is 12.1 Å². The molecule has 0 unspecified atom stereocenters. The normalized spacial score (nSPS) is 15.2. The predicted octanol–water partition coefficient (Wildman–Crippen LogP) is 3.31. The number of nitrogens with zero attached hydrogens (tertiary/aromatic N) is 3. The van der Waals surface area contributed by atoms with Gasteiger partial charge in [0.25, 0.3) is 0 Å². The maximum absolute atomic E-state index is 13.7. The molecule has 0 bridgehead atoms. The maximum atomic E-state index is 13.7. The Morgan fingerprint density at radius 3 is 2.19 bits per heavy atom. The van der Waals surface area contributed by atoms with Gasteiger partial charge < -0.3 is 14.7 Å². The largest absolute Gasteiger partial charge is 0.369 e. The van der Waals surface area contributed by atoms with Crippen LogP contribution in [0.3, 0.4) is 0 Å². The molecule has 0 radical (unpaired) electrons. The number of carbonyl (C=O) groups excluding carboxylic acids is 1. The third kappa shape index (κ3) is 5.04. The van der Waals surface area contributed by atoms with Crippen molar-refractivity contribution in [3.05, 3.63) is 48.0 Å². The van der Waals surface area contributed by atoms with Crippen molar-refractivity contribution in [2.75, 3.05) is 49.6 Å². The number of piperazine rings is 1. The van der Waals surface area contributed by atoms with Gasteiger partial charge in [-0.15, -0.1) is 0 Å². The van der Waals surface area contributed by atoms with Gasteiger partial charge in [-0.2, -0.15) is 0 Å². The van der Waals surface area contributed by atoms with E-state index in [1.807, 2.05) is 14.0 Å². The summed E-state index contributed by atoms with van der Waals surface area (Å²) < 4.78 is 54.1. The number of amides is 1. The zero-order valence-corrected chi connectivity index (χ0v) is 18.8. The molecule has 168 valence electrons. The maximum Gasteiger partial charge on any atom is 0.223 e. The zero-order chi connectivity index (χ0) is 22.8. The lowest BCUT2D eigenvalue weighted by atomic mass is 10.2. The Kier molecular flexibility index (Phi) is 6.96. The highest BCUT2D eigenvalue weighted by molar-refractivity contribution is 7.91. The molecule has 1 fully saturated rings. The number of carbonyl (C=O) groups is 1. The van der Waals surface area contributed by atoms with Gasteiger partial charge in [0.1, 0.15) is 11.6 Å². The Hall–Kier alpha value is -2.52. The SMILES string of the molecule is CCCN(C(C)=O)c1cc(N2CCN(C)CC2)ccc1S(=O)(=O)c1cc(F)cc(F)c1. The van der Waals surface area contributed by atoms with E-state index in [1.165, 1.54) is 17.9 Å². The van der Waals surface area contributed by atoms with Crippen LogP contribution in [0.4, 0.5) is 20.2 Å². The summed E-state index contributed by atoms with van der Waals surface area (Å²) in [4.78, 5) is 17.5. The van der Waals surface area contributed by atoms with Crippen LogP contribution in [0.5, 0.6) is 0 Å². The number of anilines is 2. The lowest BCUT2D eigenvalue weighted by Gasteiger charge is -2.35. The van der Waals surface area contributed by atoms with E-state index in [4.69, 9.17) is 0 Å². The Labute approximate surface area is 182 Å². The van der Waals surface area contributed by atoms with Gasteiger partial charge in [0.15, 0.2) is 0 Å². The molecule has 0 atom stereocenters. The lowest BCUT2D eigenvalue weighted by molar-refractivity contribution is -0.116. The van der Waals surface area contributed by atoms with Gasteiger partial charge in [-0.1, -0.05) is 6.92 Å². The van der Waals surface area contributed by atoms with Crippen molar-refractivity contribution in [3.8, 4) is 0 Å². The molecule has 3 rings (SSSR count). The fourth-order valence-electron chi connectivity index (χ4n) is 3.69. The Morgan fingerprint density at radius 1 is 1.03 bits per heavy atom. The minimum atomic E-state index is -4.27. The second-order valence-electron chi connectivity index (χ2n) is 7.72. The zero-order valence-electron chi connectivity index (χ0n) is 17.9. The Morgan fingerprint density at radius 2 is 1.65 bits per heavy atom. The lowest BCUT2D eigenvalue weighted by Crippen LogP contribution is -2.44. The third-order valence-corrected chi connectivity index (χ3v) is 7.15. The van der Waals surface area contributed by atoms with Crippen LogP contribution in [-0.2, 0) is 14.6 Å². The van der Waals surface area contributed by atoms with Gasteiger partial charge in [-0.3, -0.25) is 4.79 Å². The highest BCUT2D eigenvalue weighted by Gasteiger charge is 2.28. The topological polar surface area (TPSA) is 60.9 Å². The number of likely N-dealkylation sites (N-methyl/N-ethyl adjacent to an activating group) is 1. The number of benzene rings is 2. The quantitative estimate of drug-likeness (QED) is 0.675. The summed E-state index contributed by atoms with van der Waals surface area (Å²) in [6.07, 6.45) is 0.617. The van der Waals surface area contributed by atoms with Crippen LogP contribution in [0, 0.1) is 11.6 Å². The highest BCUT2D eigenvalue weighted by atomic mass is 32.2. The molecule has 0 spiro atoms. The van der Waals surface area contributed by atoms with Crippen LogP contribution < -0.4 is 9.80 Å². The van der Waals surface area contributed by atoms with Gasteiger partial charge >= 0.3 is 0 Å². The summed E-state index contributed by atoms with van der Waals surface area (Å²) in [6, 6.07) is 6.98. The Balaban J connectivity index is 2.15. The minimum absolute atomic E-state index is 0.154. The van der Waals surface area contributed by atoms with Crippen molar-refractivity contribution in [2.24, 2.45) is 0 Å². The van der Waals surface area contributed by atoms with Crippen molar-refractivity contribution in [1.82, 2.24) is 4.90 Å². The van der Waals surface area contributed by atoms with Crippen LogP contribution in [0.15, 0.2) is 46.2 Å². The molecule has 1 aliphatic heterocycles. The van der Waals surface area contributed by atoms with Gasteiger partial charge in [-0.25, -0.2) is 17.2 Å². The van der Waals surface area contributed by atoms with Gasteiger partial charge in [0, 0.05) is 51.4 Å². The number of hydrogen-bond acceptors (Lipinski definition) is 5. The summed E-state index contributed by atoms with van der Waals surface area (Å²) in [7, 11) is -2.23. The van der Waals surface area contributed by atoms with E-state index in [0.717, 1.165) is 44.0 Å². The number of rotatable bonds is 6. The standard InChI is InChI=1S/C22H27F2N3O3S/c1-4-7-27(16(2)28)21-15-19(26-10-8-25(3)9-11-26)5-6-22(21)31(29,30)20-13-17(23)12-18(24)14-20/h5-6,12-15H,4,7-11H2,1-3H3. The van der Waals surface area contributed by atoms with Gasteiger partial charge in [-0.05, 0) is 43.8 Å². The van der Waals surface area contributed by atoms with Crippen molar-refractivity contribution in [3.63, 3.8) is 0 Å². The average molecular weight is 452 g/mol. The first-order valence-corrected chi connectivity index (χ1v) is 11.7. The average Bonchev–Trinajstić information content (AvgIpc) is 2.71. The molecule has 6 nitrogen and oxygen atoms in total. The molecular weight excluding hydrogens is 424 g/mol. The second-order valence-corrected chi connectivity index (χ2v) is 9.64. The van der Waals surface area contributed by atoms with Crippen molar-refractivity contribution < 1.29 is 22.0 Å². The fraction of sp³-hybridized carbons (Fsp3) is 0.409. The van der Waals surface area contributed by atoms with Crippen LogP contribution in [0.2, 0.25) is 0 Å². The first-order valence-electron chi connectivity index (χ1n) is 10.2. The number of sulfone groups is 1. The summed E-state index contributed by atoms with van der Waals surface area (Å²) in [5.41, 5.74) is 1.02. The van der Waals surface area contributed by atoms with Crippen LogP contribution >= 0.6 is 0 Å². The van der Waals surface area contributed by atoms with Crippen LogP contribution in [-0.4, -0.2) is 59.0 Å². The molecule has 2 aromatic rings. The summed E-state index contributed by atoms with van der Waals surface area (Å²) in [6.45, 7) is 6.84. The molecule has 0 aliphatic carbocycles. The molecule has 0 aromatic heterocycles. The van der Waals surface area contributed by atoms with Crippen LogP contribution in [0.25, 0.3) is 0 Å². The van der Waals surface area contributed by atoms with Crippen LogP contribution in [0.1, 0.15) is 20.3 Å². The molecular formula is C22H27F2N3O3S. The molecule has 0 N–H and O–H groups in total. The van der Waals surface area contributed by atoms with E-state index in [-0.39, 0.29) is 16.5 Å². The van der Waals surface area contributed by atoms with E-state index >= 15 is 0 Å². The highest BCUT2D eigenvalue weighted by Crippen LogP contribution is 2.35. The number of halogens is 2. The molecule has 9 heteroatoms. The molecule has 0 saturated carbocycles. The van der Waals surface area contributed by atoms with Crippen molar-refractivity contribution >= 4 is 27.1 Å². The molecule has 1 amide bonds. The van der Waals surface area contributed by atoms with E-state index in [9.17, 15) is 22.0 Å². The third-order valence-electron chi connectivity index (χ3n) is 5.36. The first-order chi connectivity index (χ1) is 14.6. The second kappa shape index (κ2) is 9.32. The molecule has 1 aliphatic rings. The van der Waals surface area contributed by atoms with E-state index in [0.29, 0.717) is 19.0 Å². The minimum Gasteiger partial charge on any atom is -0.369 e. The molecule has 2 aromatic carbocycles. The predicted molar refractivity (Wildman–Crippen MR) is 116 cm³/mol. The van der Waals surface area contributed by atoms with E-state index < -0.39 is 26.4 Å². The molecule has 1 saturated heterocycles. The van der Waals surface area contributed by atoms with Gasteiger partial charge in [0.2, 0.25) is 15.7 Å². The Bertz CT molecular complexity index is 1050. The monoisotopic (exact) mass is 451 g/mol. The van der Waals surface area contributed by atoms with Crippen molar-refractivity contribution in [2.45, 2.75) is 30.1 Å². The molecule has 1 heterocycles. The van der Waals surface area contributed by atoms with E-state index in [2.05, 4.69) is 9.80 Å². The number of hydrogen-bond donors (Lipinski definition) is 0. The summed E-state index contributed by atoms with van der Waals surface area (Å²) in [5, 5.41) is 0. The summed E-state index contributed by atoms with van der Waals surface area (Å²) >= 11 is 0. The fourth-order valence-corrected chi connectivity index (χ4v) is 5.17.